The maximum Gasteiger partial charge on any atom is 0.256 e. The SMILES string of the molecule is C=CCN1CC[C@]23c4c5ccc(O)c4O[C@H]2[C@@H](N(C)C(=O)[C@H](OC)c2ccccc2)CC[C@@]3(O)[C@H]1C5. The van der Waals surface area contributed by atoms with E-state index in [-0.39, 0.29) is 23.7 Å². The van der Waals surface area contributed by atoms with Crippen LogP contribution < -0.4 is 4.74 Å². The van der Waals surface area contributed by atoms with Gasteiger partial charge < -0.3 is 24.6 Å². The second-order valence-electron chi connectivity index (χ2n) is 10.7. The third-order valence-corrected chi connectivity index (χ3v) is 9.31. The van der Waals surface area contributed by atoms with Crippen LogP contribution in [0.25, 0.3) is 0 Å². The van der Waals surface area contributed by atoms with E-state index < -0.39 is 23.2 Å². The largest absolute Gasteiger partial charge is 0.504 e. The lowest BCUT2D eigenvalue weighted by Crippen LogP contribution is -2.78. The third-order valence-electron chi connectivity index (χ3n) is 9.31. The van der Waals surface area contributed by atoms with Crippen molar-refractivity contribution in [3.05, 3.63) is 71.8 Å². The van der Waals surface area contributed by atoms with Crippen molar-refractivity contribution in [3.8, 4) is 11.5 Å². The fourth-order valence-corrected chi connectivity index (χ4v) is 7.74. The van der Waals surface area contributed by atoms with Gasteiger partial charge >= 0.3 is 0 Å². The summed E-state index contributed by atoms with van der Waals surface area (Å²) in [5.41, 5.74) is 1.15. The van der Waals surface area contributed by atoms with Crippen molar-refractivity contribution in [2.45, 2.75) is 61.0 Å². The third kappa shape index (κ3) is 2.93. The number of likely N-dealkylation sites (N-methyl/N-ethyl adjacent to an activating group) is 1. The number of methoxy groups -OCH3 is 1. The van der Waals surface area contributed by atoms with Gasteiger partial charge in [0.25, 0.3) is 5.91 Å². The minimum atomic E-state index is -1.02. The number of aromatic hydroxyl groups is 1. The van der Waals surface area contributed by atoms with Gasteiger partial charge in [-0.05, 0) is 49.4 Å². The van der Waals surface area contributed by atoms with Crippen LogP contribution in [0.2, 0.25) is 0 Å². The summed E-state index contributed by atoms with van der Waals surface area (Å²) in [6, 6.07) is 12.8. The van der Waals surface area contributed by atoms with Crippen molar-refractivity contribution in [3.63, 3.8) is 0 Å². The Morgan fingerprint density at radius 1 is 1.31 bits per heavy atom. The Hall–Kier alpha value is -2.87. The van der Waals surface area contributed by atoms with Gasteiger partial charge in [0.05, 0.1) is 17.1 Å². The summed E-state index contributed by atoms with van der Waals surface area (Å²) in [7, 11) is 3.36. The Morgan fingerprint density at radius 2 is 2.08 bits per heavy atom. The number of likely N-dealkylation sites (tertiary alicyclic amines) is 1. The van der Waals surface area contributed by atoms with Gasteiger partial charge in [-0.2, -0.15) is 0 Å². The van der Waals surface area contributed by atoms with Crippen molar-refractivity contribution in [2.75, 3.05) is 27.2 Å². The molecule has 2 N–H and O–H groups in total. The number of benzene rings is 2. The number of aliphatic hydroxyl groups is 1. The van der Waals surface area contributed by atoms with E-state index in [1.807, 2.05) is 49.5 Å². The topological polar surface area (TPSA) is 82.5 Å². The Morgan fingerprint density at radius 3 is 2.81 bits per heavy atom. The fraction of sp³-hybridized carbons (Fsp3) is 0.483. The molecule has 2 bridgehead atoms. The van der Waals surface area contributed by atoms with E-state index in [9.17, 15) is 15.0 Å². The number of amides is 1. The summed E-state index contributed by atoms with van der Waals surface area (Å²) in [4.78, 5) is 17.8. The zero-order chi connectivity index (χ0) is 25.2. The molecule has 0 aromatic heterocycles. The van der Waals surface area contributed by atoms with Gasteiger partial charge in [-0.1, -0.05) is 42.5 Å². The maximum atomic E-state index is 13.8. The van der Waals surface area contributed by atoms with Gasteiger partial charge in [-0.3, -0.25) is 9.69 Å². The predicted octanol–water partition coefficient (Wildman–Crippen LogP) is 2.95. The number of ether oxygens (including phenoxy) is 2. The fourth-order valence-electron chi connectivity index (χ4n) is 7.74. The first-order valence-electron chi connectivity index (χ1n) is 12.8. The monoisotopic (exact) mass is 490 g/mol. The lowest BCUT2D eigenvalue weighted by atomic mass is 9.48. The Labute approximate surface area is 211 Å². The molecule has 1 saturated heterocycles. The quantitative estimate of drug-likeness (QED) is 0.606. The molecule has 2 aromatic carbocycles. The minimum Gasteiger partial charge on any atom is -0.504 e. The van der Waals surface area contributed by atoms with E-state index in [0.717, 1.165) is 23.2 Å². The summed E-state index contributed by atoms with van der Waals surface area (Å²) < 4.78 is 12.2. The van der Waals surface area contributed by atoms with Crippen molar-refractivity contribution < 1.29 is 24.5 Å². The molecule has 0 unspecified atom stereocenters. The summed E-state index contributed by atoms with van der Waals surface area (Å²) in [6.07, 6.45) is 3.24. The average Bonchev–Trinajstić information content (AvgIpc) is 3.24. The molecule has 1 amide bonds. The molecular weight excluding hydrogens is 456 g/mol. The van der Waals surface area contributed by atoms with Gasteiger partial charge in [0.15, 0.2) is 17.6 Å². The number of hydrogen-bond acceptors (Lipinski definition) is 6. The van der Waals surface area contributed by atoms with Crippen LogP contribution >= 0.6 is 0 Å². The van der Waals surface area contributed by atoms with Crippen LogP contribution in [0.1, 0.15) is 42.1 Å². The summed E-state index contributed by atoms with van der Waals surface area (Å²) in [5.74, 6) is 0.431. The van der Waals surface area contributed by atoms with Crippen LogP contribution in [0.3, 0.4) is 0 Å². The van der Waals surface area contributed by atoms with Crippen molar-refractivity contribution in [2.24, 2.45) is 0 Å². The van der Waals surface area contributed by atoms with Crippen molar-refractivity contribution >= 4 is 5.91 Å². The van der Waals surface area contributed by atoms with E-state index in [2.05, 4.69) is 11.5 Å². The molecular formula is C29H34N2O5. The first-order valence-corrected chi connectivity index (χ1v) is 12.8. The number of nitrogens with zero attached hydrogens (tertiary/aromatic N) is 2. The Kier molecular flexibility index (Phi) is 5.44. The summed E-state index contributed by atoms with van der Waals surface area (Å²) >= 11 is 0. The van der Waals surface area contributed by atoms with Gasteiger partial charge in [-0.25, -0.2) is 0 Å². The highest BCUT2D eigenvalue weighted by Crippen LogP contribution is 2.65. The van der Waals surface area contributed by atoms with E-state index in [1.54, 1.807) is 18.1 Å². The smallest absolute Gasteiger partial charge is 0.256 e. The summed E-state index contributed by atoms with van der Waals surface area (Å²) in [5, 5.41) is 23.3. The van der Waals surface area contributed by atoms with Gasteiger partial charge in [0.2, 0.25) is 0 Å². The van der Waals surface area contributed by atoms with Crippen LogP contribution in [-0.2, 0) is 21.4 Å². The van der Waals surface area contributed by atoms with Crippen LogP contribution in [0.5, 0.6) is 11.5 Å². The molecule has 6 atom stereocenters. The van der Waals surface area contributed by atoms with Crippen molar-refractivity contribution in [1.82, 2.24) is 9.80 Å². The number of rotatable bonds is 6. The van der Waals surface area contributed by atoms with E-state index >= 15 is 0 Å². The number of phenols is 1. The molecule has 1 saturated carbocycles. The molecule has 2 heterocycles. The molecule has 36 heavy (non-hydrogen) atoms. The lowest BCUT2D eigenvalue weighted by molar-refractivity contribution is -0.200. The molecule has 0 radical (unpaired) electrons. The molecule has 6 rings (SSSR count). The minimum absolute atomic E-state index is 0.0728. The molecule has 4 aliphatic rings. The first kappa shape index (κ1) is 23.5. The zero-order valence-corrected chi connectivity index (χ0v) is 20.9. The number of carbonyl (C=O) groups excluding carboxylic acids is 1. The van der Waals surface area contributed by atoms with Crippen LogP contribution in [0.4, 0.5) is 0 Å². The number of hydrogen-bond donors (Lipinski definition) is 2. The highest BCUT2D eigenvalue weighted by atomic mass is 16.5. The first-order chi connectivity index (χ1) is 17.4. The van der Waals surface area contributed by atoms with Gasteiger partial charge in [0, 0.05) is 32.3 Å². The standard InChI is InChI=1S/C29H34N2O5/c1-4-15-31-16-14-28-23-19-10-11-21(32)25(23)36-26(28)20(12-13-29(28,34)22(31)17-19)30(2)27(33)24(35-3)18-8-6-5-7-9-18/h4-11,20,22,24,26,32,34H,1,12-17H2,2-3H3/t20-,22+,24+,26-,28-,29+/m0/s1. The van der Waals surface area contributed by atoms with E-state index in [4.69, 9.17) is 9.47 Å². The highest BCUT2D eigenvalue weighted by Gasteiger charge is 2.73. The molecule has 2 aliphatic carbocycles. The number of carbonyl (C=O) groups is 1. The van der Waals surface area contributed by atoms with Gasteiger partial charge in [0.1, 0.15) is 6.10 Å². The van der Waals surface area contributed by atoms with Crippen LogP contribution in [0, 0.1) is 0 Å². The normalized spacial score (nSPS) is 32.8. The van der Waals surface area contributed by atoms with Crippen molar-refractivity contribution in [1.29, 1.82) is 0 Å². The summed E-state index contributed by atoms with van der Waals surface area (Å²) in [6.45, 7) is 5.44. The average molecular weight is 491 g/mol. The molecule has 2 aliphatic heterocycles. The number of phenolic OH excluding ortho intramolecular Hbond substituents is 1. The highest BCUT2D eigenvalue weighted by molar-refractivity contribution is 5.82. The second-order valence-corrected chi connectivity index (χ2v) is 10.7. The van der Waals surface area contributed by atoms with Crippen LogP contribution in [-0.4, -0.2) is 77.0 Å². The molecule has 7 heteroatoms. The molecule has 1 spiro atoms. The Bertz CT molecular complexity index is 1200. The lowest BCUT2D eigenvalue weighted by Gasteiger charge is -2.64. The van der Waals surface area contributed by atoms with E-state index in [0.29, 0.717) is 38.0 Å². The van der Waals surface area contributed by atoms with Gasteiger partial charge in [-0.15, -0.1) is 6.58 Å². The number of piperidine rings is 1. The predicted molar refractivity (Wildman–Crippen MR) is 135 cm³/mol. The Balaban J connectivity index is 1.42. The molecule has 190 valence electrons. The molecule has 7 nitrogen and oxygen atoms in total. The second kappa shape index (κ2) is 8.33. The molecule has 2 fully saturated rings. The molecule has 2 aromatic rings. The maximum absolute atomic E-state index is 13.8. The van der Waals surface area contributed by atoms with Crippen LogP contribution in [0.15, 0.2) is 55.1 Å². The van der Waals surface area contributed by atoms with E-state index in [1.165, 1.54) is 0 Å². The zero-order valence-electron chi connectivity index (χ0n) is 20.9.